The molecule has 1 unspecified atom stereocenters. The summed E-state index contributed by atoms with van der Waals surface area (Å²) in [5, 5.41) is 2.77. The molecule has 158 valence electrons. The lowest BCUT2D eigenvalue weighted by atomic mass is 9.98. The Morgan fingerprint density at radius 1 is 1.03 bits per heavy atom. The van der Waals surface area contributed by atoms with Crippen molar-refractivity contribution in [2.24, 2.45) is 0 Å². The van der Waals surface area contributed by atoms with Crippen molar-refractivity contribution < 1.29 is 27.8 Å². The summed E-state index contributed by atoms with van der Waals surface area (Å²) >= 11 is 0. The molecule has 2 aromatic rings. The summed E-state index contributed by atoms with van der Waals surface area (Å²) in [6.07, 6.45) is -0.692. The molecule has 1 atom stereocenters. The van der Waals surface area contributed by atoms with Crippen molar-refractivity contribution in [3.8, 4) is 17.2 Å². The van der Waals surface area contributed by atoms with Gasteiger partial charge in [0.25, 0.3) is 5.91 Å². The topological polar surface area (TPSA) is 56.8 Å². The molecule has 29 heavy (non-hydrogen) atoms. The second-order valence-electron chi connectivity index (χ2n) is 7.01. The zero-order valence-electron chi connectivity index (χ0n) is 17.3. The number of hydrogen-bond acceptors (Lipinski definition) is 4. The molecule has 2 aromatic carbocycles. The van der Waals surface area contributed by atoms with E-state index in [0.717, 1.165) is 5.56 Å². The van der Waals surface area contributed by atoms with Crippen molar-refractivity contribution >= 4 is 5.91 Å². The van der Waals surface area contributed by atoms with E-state index in [-0.39, 0.29) is 24.0 Å². The summed E-state index contributed by atoms with van der Waals surface area (Å²) in [5.74, 6) is 0.864. The van der Waals surface area contributed by atoms with E-state index in [1.54, 1.807) is 13.0 Å². The van der Waals surface area contributed by atoms with Crippen LogP contribution in [0.25, 0.3) is 0 Å². The number of aryl methyl sites for hydroxylation is 1. The average Bonchev–Trinajstić information content (AvgIpc) is 2.66. The SMILES string of the molecule is COc1cc(CNC(=O)C(C)Oc2ccc(C(C)C)c(C)c2)ccc1OC(F)F. The standard InChI is InChI=1S/C22H27F2NO4/c1-13(2)18-8-7-17(10-14(18)3)28-15(4)21(26)25-12-16-6-9-19(29-22(23)24)20(11-16)27-5/h6-11,13,15,22H,12H2,1-5H3,(H,25,26). The van der Waals surface area contributed by atoms with Gasteiger partial charge in [0.1, 0.15) is 5.75 Å². The van der Waals surface area contributed by atoms with Crippen molar-refractivity contribution in [3.05, 3.63) is 53.1 Å². The lowest BCUT2D eigenvalue weighted by molar-refractivity contribution is -0.127. The molecule has 5 nitrogen and oxygen atoms in total. The van der Waals surface area contributed by atoms with Gasteiger partial charge in [-0.15, -0.1) is 0 Å². The molecule has 0 aliphatic heterocycles. The molecule has 0 fully saturated rings. The first-order valence-corrected chi connectivity index (χ1v) is 9.38. The third-order valence-electron chi connectivity index (χ3n) is 4.46. The summed E-state index contributed by atoms with van der Waals surface area (Å²) in [6.45, 7) is 5.19. The van der Waals surface area contributed by atoms with Gasteiger partial charge < -0.3 is 19.5 Å². The smallest absolute Gasteiger partial charge is 0.387 e. The molecule has 0 bridgehead atoms. The van der Waals surface area contributed by atoms with Crippen LogP contribution in [-0.4, -0.2) is 25.7 Å². The number of amides is 1. The maximum atomic E-state index is 12.4. The number of alkyl halides is 2. The van der Waals surface area contributed by atoms with Crippen molar-refractivity contribution in [1.29, 1.82) is 0 Å². The Kier molecular flexibility index (Phi) is 7.82. The zero-order chi connectivity index (χ0) is 21.6. The highest BCUT2D eigenvalue weighted by Gasteiger charge is 2.16. The molecule has 0 saturated heterocycles. The van der Waals surface area contributed by atoms with Gasteiger partial charge in [0.2, 0.25) is 0 Å². The first kappa shape index (κ1) is 22.5. The van der Waals surface area contributed by atoms with Crippen LogP contribution in [0.3, 0.4) is 0 Å². The van der Waals surface area contributed by atoms with Gasteiger partial charge in [-0.2, -0.15) is 8.78 Å². The zero-order valence-corrected chi connectivity index (χ0v) is 17.3. The van der Waals surface area contributed by atoms with Crippen LogP contribution in [0.5, 0.6) is 17.2 Å². The molecule has 7 heteroatoms. The van der Waals surface area contributed by atoms with Gasteiger partial charge in [-0.3, -0.25) is 4.79 Å². The van der Waals surface area contributed by atoms with Crippen LogP contribution in [0, 0.1) is 6.92 Å². The van der Waals surface area contributed by atoms with Crippen LogP contribution in [0.15, 0.2) is 36.4 Å². The summed E-state index contributed by atoms with van der Waals surface area (Å²) < 4.78 is 40.0. The maximum absolute atomic E-state index is 12.4. The van der Waals surface area contributed by atoms with Crippen LogP contribution in [-0.2, 0) is 11.3 Å². The van der Waals surface area contributed by atoms with Gasteiger partial charge in [-0.05, 0) is 60.7 Å². The average molecular weight is 407 g/mol. The number of benzene rings is 2. The minimum atomic E-state index is -2.94. The van der Waals surface area contributed by atoms with E-state index < -0.39 is 12.7 Å². The predicted octanol–water partition coefficient (Wildman–Crippen LogP) is 4.81. The largest absolute Gasteiger partial charge is 0.493 e. The van der Waals surface area contributed by atoms with Crippen molar-refractivity contribution in [3.63, 3.8) is 0 Å². The van der Waals surface area contributed by atoms with Crippen LogP contribution in [0.1, 0.15) is 43.4 Å². The second-order valence-corrected chi connectivity index (χ2v) is 7.01. The highest BCUT2D eigenvalue weighted by molar-refractivity contribution is 5.80. The molecule has 0 aliphatic rings. The number of hydrogen-bond donors (Lipinski definition) is 1. The number of halogens is 2. The Labute approximate surface area is 170 Å². The van der Waals surface area contributed by atoms with Crippen molar-refractivity contribution in [2.75, 3.05) is 7.11 Å². The van der Waals surface area contributed by atoms with E-state index in [1.165, 1.54) is 24.8 Å². The molecule has 1 amide bonds. The third kappa shape index (κ3) is 6.34. The molecular weight excluding hydrogens is 380 g/mol. The Hall–Kier alpha value is -2.83. The van der Waals surface area contributed by atoms with Gasteiger partial charge in [0.05, 0.1) is 7.11 Å². The molecule has 0 aromatic heterocycles. The second kappa shape index (κ2) is 10.1. The molecule has 0 saturated carbocycles. The summed E-state index contributed by atoms with van der Waals surface area (Å²) in [7, 11) is 1.36. The number of methoxy groups -OCH3 is 1. The monoisotopic (exact) mass is 407 g/mol. The van der Waals surface area contributed by atoms with Gasteiger partial charge >= 0.3 is 6.61 Å². The molecule has 0 spiro atoms. The van der Waals surface area contributed by atoms with Crippen molar-refractivity contribution in [2.45, 2.75) is 52.9 Å². The normalized spacial score (nSPS) is 12.0. The summed E-state index contributed by atoms with van der Waals surface area (Å²) in [4.78, 5) is 12.4. The predicted molar refractivity (Wildman–Crippen MR) is 107 cm³/mol. The highest BCUT2D eigenvalue weighted by Crippen LogP contribution is 2.29. The Balaban J connectivity index is 1.95. The fourth-order valence-electron chi connectivity index (χ4n) is 2.98. The first-order chi connectivity index (χ1) is 13.7. The quantitative estimate of drug-likeness (QED) is 0.648. The summed E-state index contributed by atoms with van der Waals surface area (Å²) in [6, 6.07) is 10.3. The Bertz CT molecular complexity index is 840. The van der Waals surface area contributed by atoms with Crippen LogP contribution in [0.2, 0.25) is 0 Å². The Morgan fingerprint density at radius 3 is 2.34 bits per heavy atom. The van der Waals surface area contributed by atoms with Gasteiger partial charge in [0.15, 0.2) is 17.6 Å². The fourth-order valence-corrected chi connectivity index (χ4v) is 2.98. The minimum Gasteiger partial charge on any atom is -0.493 e. The third-order valence-corrected chi connectivity index (χ3v) is 4.46. The van der Waals surface area contributed by atoms with E-state index in [1.807, 2.05) is 25.1 Å². The molecule has 0 aliphatic carbocycles. The number of nitrogens with one attached hydrogen (secondary N) is 1. The van der Waals surface area contributed by atoms with Crippen LogP contribution < -0.4 is 19.5 Å². The van der Waals surface area contributed by atoms with Crippen LogP contribution in [0.4, 0.5) is 8.78 Å². The van der Waals surface area contributed by atoms with E-state index >= 15 is 0 Å². The Morgan fingerprint density at radius 2 is 1.76 bits per heavy atom. The van der Waals surface area contributed by atoms with E-state index in [9.17, 15) is 13.6 Å². The van der Waals surface area contributed by atoms with E-state index in [4.69, 9.17) is 9.47 Å². The highest BCUT2D eigenvalue weighted by atomic mass is 19.3. The minimum absolute atomic E-state index is 0.0607. The number of ether oxygens (including phenoxy) is 3. The maximum Gasteiger partial charge on any atom is 0.387 e. The van der Waals surface area contributed by atoms with Gasteiger partial charge in [0, 0.05) is 6.54 Å². The molecule has 0 radical (unpaired) electrons. The number of carbonyl (C=O) groups excluding carboxylic acids is 1. The number of carbonyl (C=O) groups is 1. The summed E-state index contributed by atoms with van der Waals surface area (Å²) in [5.41, 5.74) is 3.03. The fraction of sp³-hybridized carbons (Fsp3) is 0.409. The van der Waals surface area contributed by atoms with E-state index in [0.29, 0.717) is 17.2 Å². The van der Waals surface area contributed by atoms with Crippen LogP contribution >= 0.6 is 0 Å². The molecular formula is C22H27F2NO4. The first-order valence-electron chi connectivity index (χ1n) is 9.38. The molecule has 0 heterocycles. The lowest BCUT2D eigenvalue weighted by Gasteiger charge is -2.17. The lowest BCUT2D eigenvalue weighted by Crippen LogP contribution is -2.35. The number of rotatable bonds is 9. The molecule has 2 rings (SSSR count). The van der Waals surface area contributed by atoms with Gasteiger partial charge in [-0.1, -0.05) is 26.0 Å². The van der Waals surface area contributed by atoms with Crippen molar-refractivity contribution in [1.82, 2.24) is 5.32 Å². The van der Waals surface area contributed by atoms with E-state index in [2.05, 4.69) is 23.9 Å². The van der Waals surface area contributed by atoms with Gasteiger partial charge in [-0.25, -0.2) is 0 Å². The molecule has 1 N–H and O–H groups in total.